The summed E-state index contributed by atoms with van der Waals surface area (Å²) in [4.78, 5) is 8.85. The fourth-order valence-electron chi connectivity index (χ4n) is 2.65. The molecule has 0 aromatic carbocycles. The van der Waals surface area contributed by atoms with Gasteiger partial charge >= 0.3 is 0 Å². The number of hydrogen-bond donors (Lipinski definition) is 1. The van der Waals surface area contributed by atoms with Crippen molar-refractivity contribution in [3.05, 3.63) is 23.3 Å². The fraction of sp³-hybridized carbons (Fsp3) is 0.714. The zero-order chi connectivity index (χ0) is 12.3. The molecule has 0 spiro atoms. The third-order valence-electron chi connectivity index (χ3n) is 3.84. The molecule has 17 heavy (non-hydrogen) atoms. The Morgan fingerprint density at radius 2 is 2.00 bits per heavy atom. The molecule has 0 saturated heterocycles. The van der Waals surface area contributed by atoms with Crippen LogP contribution < -0.4 is 0 Å². The number of aryl methyl sites for hydroxylation is 1. The standard InChI is InChI=1S/C14H22N2O/c1-3-13(17)10(2)14-11-7-5-4-6-8-12(11)15-9-16-14/h9-10,13,17H,3-8H2,1-2H3. The summed E-state index contributed by atoms with van der Waals surface area (Å²) < 4.78 is 0. The van der Waals surface area contributed by atoms with E-state index in [4.69, 9.17) is 0 Å². The van der Waals surface area contributed by atoms with Crippen LogP contribution in [0.15, 0.2) is 6.33 Å². The Morgan fingerprint density at radius 3 is 2.76 bits per heavy atom. The van der Waals surface area contributed by atoms with Crippen molar-refractivity contribution in [3.8, 4) is 0 Å². The van der Waals surface area contributed by atoms with Gasteiger partial charge in [0.2, 0.25) is 0 Å². The van der Waals surface area contributed by atoms with Gasteiger partial charge in [0, 0.05) is 11.6 Å². The van der Waals surface area contributed by atoms with E-state index in [2.05, 4.69) is 16.9 Å². The highest BCUT2D eigenvalue weighted by molar-refractivity contribution is 5.29. The molecule has 1 heterocycles. The van der Waals surface area contributed by atoms with Crippen molar-refractivity contribution in [1.82, 2.24) is 9.97 Å². The van der Waals surface area contributed by atoms with Gasteiger partial charge in [0.15, 0.2) is 0 Å². The van der Waals surface area contributed by atoms with Crippen LogP contribution in [0.5, 0.6) is 0 Å². The van der Waals surface area contributed by atoms with E-state index in [-0.39, 0.29) is 12.0 Å². The molecule has 0 bridgehead atoms. The first-order chi connectivity index (χ1) is 8.24. The molecule has 1 aliphatic rings. The molecule has 3 heteroatoms. The second-order valence-electron chi connectivity index (χ2n) is 5.01. The summed E-state index contributed by atoms with van der Waals surface area (Å²) in [6, 6.07) is 0. The molecule has 94 valence electrons. The molecule has 1 aromatic heterocycles. The first kappa shape index (κ1) is 12.5. The zero-order valence-electron chi connectivity index (χ0n) is 10.8. The molecular weight excluding hydrogens is 212 g/mol. The fourth-order valence-corrected chi connectivity index (χ4v) is 2.65. The monoisotopic (exact) mass is 234 g/mol. The Morgan fingerprint density at radius 1 is 1.24 bits per heavy atom. The van der Waals surface area contributed by atoms with Gasteiger partial charge in [0.25, 0.3) is 0 Å². The van der Waals surface area contributed by atoms with Crippen molar-refractivity contribution in [2.24, 2.45) is 0 Å². The number of aromatic nitrogens is 2. The number of aliphatic hydroxyl groups is 1. The Labute approximate surface area is 103 Å². The molecule has 2 rings (SSSR count). The third kappa shape index (κ3) is 2.65. The van der Waals surface area contributed by atoms with Crippen LogP contribution >= 0.6 is 0 Å². The predicted molar refractivity (Wildman–Crippen MR) is 68.0 cm³/mol. The average molecular weight is 234 g/mol. The van der Waals surface area contributed by atoms with Crippen LogP contribution in [0.3, 0.4) is 0 Å². The minimum atomic E-state index is -0.294. The Kier molecular flexibility index (Phi) is 4.11. The van der Waals surface area contributed by atoms with E-state index in [9.17, 15) is 5.11 Å². The molecule has 1 N–H and O–H groups in total. The van der Waals surface area contributed by atoms with Crippen LogP contribution in [-0.2, 0) is 12.8 Å². The number of rotatable bonds is 3. The minimum absolute atomic E-state index is 0.120. The van der Waals surface area contributed by atoms with E-state index in [0.29, 0.717) is 0 Å². The van der Waals surface area contributed by atoms with E-state index < -0.39 is 0 Å². The van der Waals surface area contributed by atoms with Crippen LogP contribution in [0.25, 0.3) is 0 Å². The molecule has 1 aromatic rings. The maximum Gasteiger partial charge on any atom is 0.115 e. The van der Waals surface area contributed by atoms with Crippen molar-refractivity contribution >= 4 is 0 Å². The molecule has 0 amide bonds. The van der Waals surface area contributed by atoms with Gasteiger partial charge < -0.3 is 5.11 Å². The van der Waals surface area contributed by atoms with Crippen LogP contribution in [0.1, 0.15) is 62.4 Å². The first-order valence-electron chi connectivity index (χ1n) is 6.74. The van der Waals surface area contributed by atoms with Crippen molar-refractivity contribution < 1.29 is 5.11 Å². The molecule has 1 aliphatic carbocycles. The lowest BCUT2D eigenvalue weighted by molar-refractivity contribution is 0.143. The van der Waals surface area contributed by atoms with Crippen molar-refractivity contribution in [1.29, 1.82) is 0 Å². The van der Waals surface area contributed by atoms with Crippen LogP contribution in [0.2, 0.25) is 0 Å². The van der Waals surface area contributed by atoms with Gasteiger partial charge in [-0.1, -0.05) is 20.3 Å². The van der Waals surface area contributed by atoms with Gasteiger partial charge in [-0.2, -0.15) is 0 Å². The maximum atomic E-state index is 9.99. The number of fused-ring (bicyclic) bond motifs is 1. The molecule has 2 unspecified atom stereocenters. The normalized spacial score (nSPS) is 19.2. The first-order valence-corrected chi connectivity index (χ1v) is 6.74. The van der Waals surface area contributed by atoms with E-state index in [1.807, 2.05) is 6.92 Å². The van der Waals surface area contributed by atoms with Gasteiger partial charge in [-0.3, -0.25) is 0 Å². The highest BCUT2D eigenvalue weighted by Crippen LogP contribution is 2.28. The van der Waals surface area contributed by atoms with Gasteiger partial charge in [0.05, 0.1) is 11.8 Å². The van der Waals surface area contributed by atoms with E-state index in [1.165, 1.54) is 30.5 Å². The highest BCUT2D eigenvalue weighted by Gasteiger charge is 2.22. The predicted octanol–water partition coefficient (Wildman–Crippen LogP) is 2.62. The number of hydrogen-bond acceptors (Lipinski definition) is 3. The smallest absolute Gasteiger partial charge is 0.115 e. The lowest BCUT2D eigenvalue weighted by Crippen LogP contribution is -2.18. The van der Waals surface area contributed by atoms with Gasteiger partial charge in [-0.05, 0) is 37.7 Å². The molecule has 0 saturated carbocycles. The molecule has 0 radical (unpaired) electrons. The van der Waals surface area contributed by atoms with Crippen molar-refractivity contribution in [3.63, 3.8) is 0 Å². The van der Waals surface area contributed by atoms with Crippen molar-refractivity contribution in [2.75, 3.05) is 0 Å². The van der Waals surface area contributed by atoms with Crippen LogP contribution in [0, 0.1) is 0 Å². The van der Waals surface area contributed by atoms with E-state index >= 15 is 0 Å². The summed E-state index contributed by atoms with van der Waals surface area (Å²) in [7, 11) is 0. The summed E-state index contributed by atoms with van der Waals surface area (Å²) in [5.41, 5.74) is 3.60. The van der Waals surface area contributed by atoms with E-state index in [0.717, 1.165) is 25.0 Å². The SMILES string of the molecule is CCC(O)C(C)c1ncnc2c1CCCCC2. The molecule has 0 fully saturated rings. The van der Waals surface area contributed by atoms with Crippen LogP contribution in [0.4, 0.5) is 0 Å². The maximum absolute atomic E-state index is 9.99. The highest BCUT2D eigenvalue weighted by atomic mass is 16.3. The minimum Gasteiger partial charge on any atom is -0.392 e. The van der Waals surface area contributed by atoms with Crippen LogP contribution in [-0.4, -0.2) is 21.2 Å². The van der Waals surface area contributed by atoms with E-state index in [1.54, 1.807) is 6.33 Å². The molecule has 2 atom stereocenters. The molecule has 3 nitrogen and oxygen atoms in total. The quantitative estimate of drug-likeness (QED) is 0.818. The lowest BCUT2D eigenvalue weighted by Gasteiger charge is -2.20. The summed E-state index contributed by atoms with van der Waals surface area (Å²) in [5.74, 6) is 0.120. The largest absolute Gasteiger partial charge is 0.392 e. The Balaban J connectivity index is 2.34. The van der Waals surface area contributed by atoms with Crippen molar-refractivity contribution in [2.45, 2.75) is 64.4 Å². The summed E-state index contributed by atoms with van der Waals surface area (Å²) in [5, 5.41) is 9.99. The van der Waals surface area contributed by atoms with Gasteiger partial charge in [-0.25, -0.2) is 9.97 Å². The second-order valence-corrected chi connectivity index (χ2v) is 5.01. The Hall–Kier alpha value is -0.960. The molecular formula is C14H22N2O. The molecule has 0 aliphatic heterocycles. The zero-order valence-corrected chi connectivity index (χ0v) is 10.8. The second kappa shape index (κ2) is 5.58. The summed E-state index contributed by atoms with van der Waals surface area (Å²) >= 11 is 0. The number of aliphatic hydroxyl groups excluding tert-OH is 1. The van der Waals surface area contributed by atoms with Gasteiger partial charge in [0.1, 0.15) is 6.33 Å². The van der Waals surface area contributed by atoms with Gasteiger partial charge in [-0.15, -0.1) is 0 Å². The third-order valence-corrected chi connectivity index (χ3v) is 3.84. The number of nitrogens with zero attached hydrogens (tertiary/aromatic N) is 2. The average Bonchev–Trinajstić information content (AvgIpc) is 2.61. The summed E-state index contributed by atoms with van der Waals surface area (Å²) in [6.45, 7) is 4.09. The topological polar surface area (TPSA) is 46.0 Å². The Bertz CT molecular complexity index is 378. The lowest BCUT2D eigenvalue weighted by atomic mass is 9.92. The summed E-state index contributed by atoms with van der Waals surface area (Å²) in [6.07, 6.45) is 8.03.